The number of anilines is 1. The Morgan fingerprint density at radius 3 is 2.44 bits per heavy atom. The van der Waals surface area contributed by atoms with E-state index in [1.807, 2.05) is 4.90 Å². The Balaban J connectivity index is 0.000000360. The molecule has 0 saturated carbocycles. The lowest BCUT2D eigenvalue weighted by molar-refractivity contribution is -0.192. The van der Waals surface area contributed by atoms with Gasteiger partial charge in [-0.25, -0.2) is 19.2 Å². The first-order valence-electron chi connectivity index (χ1n) is 9.43. The zero-order valence-electron chi connectivity index (χ0n) is 16.5. The molecule has 4 rings (SSSR count). The van der Waals surface area contributed by atoms with E-state index >= 15 is 0 Å². The van der Waals surface area contributed by atoms with Crippen LogP contribution >= 0.6 is 0 Å². The SMILES string of the molecule is O=C(NCC1CCC2(CN(c3ncc(F)cn3)C2)OC1)c1ccno1.O=C(O)C(F)(F)F. The highest BCUT2D eigenvalue weighted by molar-refractivity contribution is 5.91. The van der Waals surface area contributed by atoms with E-state index in [9.17, 15) is 22.4 Å². The van der Waals surface area contributed by atoms with Crippen LogP contribution in [0.4, 0.5) is 23.5 Å². The number of hydrogen-bond acceptors (Lipinski definition) is 8. The molecule has 0 aromatic carbocycles. The Labute approximate surface area is 178 Å². The van der Waals surface area contributed by atoms with Crippen LogP contribution in [0, 0.1) is 11.7 Å². The van der Waals surface area contributed by atoms with E-state index in [1.165, 1.54) is 24.7 Å². The van der Waals surface area contributed by atoms with Crippen LogP contribution in [0.5, 0.6) is 0 Å². The monoisotopic (exact) mass is 461 g/mol. The van der Waals surface area contributed by atoms with Gasteiger partial charge >= 0.3 is 12.1 Å². The Kier molecular flexibility index (Phi) is 6.91. The van der Waals surface area contributed by atoms with Gasteiger partial charge in [0.2, 0.25) is 11.7 Å². The van der Waals surface area contributed by atoms with Crippen molar-refractivity contribution in [2.24, 2.45) is 5.92 Å². The molecule has 0 radical (unpaired) electrons. The molecule has 2 aromatic heterocycles. The van der Waals surface area contributed by atoms with Crippen LogP contribution in [0.1, 0.15) is 23.4 Å². The number of alkyl halides is 3. The molecule has 14 heteroatoms. The van der Waals surface area contributed by atoms with Crippen molar-refractivity contribution in [2.75, 3.05) is 31.1 Å². The van der Waals surface area contributed by atoms with Gasteiger partial charge < -0.3 is 24.6 Å². The molecule has 0 bridgehead atoms. The molecular formula is C18H19F4N5O5. The average Bonchev–Trinajstić information content (AvgIpc) is 3.26. The second kappa shape index (κ2) is 9.46. The number of carboxylic acid groups (broad SMARTS) is 1. The maximum atomic E-state index is 12.9. The molecule has 1 amide bonds. The molecule has 1 unspecified atom stereocenters. The third-order valence-corrected chi connectivity index (χ3v) is 4.94. The maximum absolute atomic E-state index is 12.9. The van der Waals surface area contributed by atoms with Gasteiger partial charge in [-0.05, 0) is 18.8 Å². The van der Waals surface area contributed by atoms with Crippen molar-refractivity contribution in [3.8, 4) is 0 Å². The number of carboxylic acids is 1. The van der Waals surface area contributed by atoms with Gasteiger partial charge in [-0.3, -0.25) is 4.79 Å². The topological polar surface area (TPSA) is 131 Å². The molecule has 2 aromatic rings. The summed E-state index contributed by atoms with van der Waals surface area (Å²) in [7, 11) is 0. The van der Waals surface area contributed by atoms with Crippen molar-refractivity contribution in [2.45, 2.75) is 24.6 Å². The van der Waals surface area contributed by atoms with E-state index in [4.69, 9.17) is 19.2 Å². The van der Waals surface area contributed by atoms with E-state index in [-0.39, 0.29) is 23.2 Å². The number of aromatic nitrogens is 3. The summed E-state index contributed by atoms with van der Waals surface area (Å²) in [6, 6.07) is 1.53. The predicted octanol–water partition coefficient (Wildman–Crippen LogP) is 1.65. The minimum atomic E-state index is -5.08. The smallest absolute Gasteiger partial charge is 0.475 e. The first kappa shape index (κ1) is 23.4. The fourth-order valence-electron chi connectivity index (χ4n) is 3.24. The molecule has 2 aliphatic rings. The molecule has 1 spiro atoms. The lowest BCUT2D eigenvalue weighted by atomic mass is 9.83. The summed E-state index contributed by atoms with van der Waals surface area (Å²) < 4.78 is 55.5. The van der Waals surface area contributed by atoms with Crippen LogP contribution in [0.2, 0.25) is 0 Å². The fraction of sp³-hybridized carbons (Fsp3) is 0.500. The van der Waals surface area contributed by atoms with Gasteiger partial charge in [0, 0.05) is 12.6 Å². The van der Waals surface area contributed by atoms with Crippen LogP contribution in [0.3, 0.4) is 0 Å². The van der Waals surface area contributed by atoms with Gasteiger partial charge in [-0.2, -0.15) is 13.2 Å². The van der Waals surface area contributed by atoms with Crippen molar-refractivity contribution in [3.63, 3.8) is 0 Å². The van der Waals surface area contributed by atoms with Crippen LogP contribution in [-0.4, -0.2) is 70.1 Å². The van der Waals surface area contributed by atoms with E-state index in [2.05, 4.69) is 20.4 Å². The number of hydrogen-bond donors (Lipinski definition) is 2. The molecule has 174 valence electrons. The number of amides is 1. The zero-order valence-corrected chi connectivity index (χ0v) is 16.5. The van der Waals surface area contributed by atoms with E-state index in [0.29, 0.717) is 32.2 Å². The molecule has 4 heterocycles. The first-order chi connectivity index (χ1) is 15.1. The molecule has 2 N–H and O–H groups in total. The Morgan fingerprint density at radius 1 is 1.28 bits per heavy atom. The quantitative estimate of drug-likeness (QED) is 0.653. The largest absolute Gasteiger partial charge is 0.490 e. The number of carbonyl (C=O) groups is 2. The van der Waals surface area contributed by atoms with Crippen LogP contribution < -0.4 is 10.2 Å². The number of carbonyl (C=O) groups excluding carboxylic acids is 1. The van der Waals surface area contributed by atoms with E-state index < -0.39 is 18.0 Å². The zero-order chi connectivity index (χ0) is 23.4. The van der Waals surface area contributed by atoms with Gasteiger partial charge in [0.1, 0.15) is 5.60 Å². The van der Waals surface area contributed by atoms with Crippen molar-refractivity contribution >= 4 is 17.8 Å². The Bertz CT molecular complexity index is 907. The summed E-state index contributed by atoms with van der Waals surface area (Å²) in [5.74, 6) is -2.45. The van der Waals surface area contributed by atoms with Crippen molar-refractivity contribution in [1.29, 1.82) is 0 Å². The summed E-state index contributed by atoms with van der Waals surface area (Å²) in [6.07, 6.45) is 0.572. The highest BCUT2D eigenvalue weighted by Crippen LogP contribution is 2.37. The molecule has 2 aliphatic heterocycles. The lowest BCUT2D eigenvalue weighted by Crippen LogP contribution is -2.65. The van der Waals surface area contributed by atoms with Crippen LogP contribution in [-0.2, 0) is 9.53 Å². The second-order valence-electron chi connectivity index (χ2n) is 7.35. The molecule has 0 aliphatic carbocycles. The highest BCUT2D eigenvalue weighted by Gasteiger charge is 2.47. The summed E-state index contributed by atoms with van der Waals surface area (Å²) in [6.45, 7) is 2.54. The van der Waals surface area contributed by atoms with Gasteiger partial charge in [-0.1, -0.05) is 5.16 Å². The normalized spacial score (nSPS) is 19.5. The van der Waals surface area contributed by atoms with Crippen molar-refractivity contribution in [1.82, 2.24) is 20.4 Å². The van der Waals surface area contributed by atoms with Gasteiger partial charge in [0.25, 0.3) is 5.91 Å². The lowest BCUT2D eigenvalue weighted by Gasteiger charge is -2.52. The molecule has 2 saturated heterocycles. The average molecular weight is 461 g/mol. The van der Waals surface area contributed by atoms with Crippen molar-refractivity contribution < 1.29 is 41.5 Å². The standard InChI is InChI=1S/C16H18FN5O3.C2HF3O2/c17-12-6-19-15(20-7-12)22-9-16(10-22)3-1-11(8-24-16)5-18-14(23)13-2-4-21-25-13;3-2(4,5)1(6)7/h2,4,6-7,11H,1,3,5,8-10H2,(H,18,23);(H,6,7). The Hall–Kier alpha value is -3.29. The van der Waals surface area contributed by atoms with Gasteiger partial charge in [0.15, 0.2) is 5.82 Å². The third-order valence-electron chi connectivity index (χ3n) is 4.94. The number of rotatable bonds is 4. The second-order valence-corrected chi connectivity index (χ2v) is 7.35. The number of halogens is 4. The van der Waals surface area contributed by atoms with E-state index in [1.54, 1.807) is 0 Å². The van der Waals surface area contributed by atoms with Gasteiger partial charge in [-0.15, -0.1) is 0 Å². The summed E-state index contributed by atoms with van der Waals surface area (Å²) >= 11 is 0. The summed E-state index contributed by atoms with van der Waals surface area (Å²) in [5.41, 5.74) is -0.177. The van der Waals surface area contributed by atoms with Crippen LogP contribution in [0.25, 0.3) is 0 Å². The van der Waals surface area contributed by atoms with Crippen molar-refractivity contribution in [3.05, 3.63) is 36.2 Å². The molecule has 32 heavy (non-hydrogen) atoms. The summed E-state index contributed by atoms with van der Waals surface area (Å²) in [5, 5.41) is 13.5. The minimum Gasteiger partial charge on any atom is -0.475 e. The molecule has 2 fully saturated rings. The highest BCUT2D eigenvalue weighted by atomic mass is 19.4. The number of ether oxygens (including phenoxy) is 1. The first-order valence-corrected chi connectivity index (χ1v) is 9.43. The Morgan fingerprint density at radius 2 is 1.94 bits per heavy atom. The van der Waals surface area contributed by atoms with Gasteiger partial charge in [0.05, 0.1) is 38.3 Å². The third kappa shape index (κ3) is 5.90. The maximum Gasteiger partial charge on any atom is 0.490 e. The number of nitrogens with zero attached hydrogens (tertiary/aromatic N) is 4. The number of nitrogens with one attached hydrogen (secondary N) is 1. The molecular weight excluding hydrogens is 442 g/mol. The molecule has 1 atom stereocenters. The number of aliphatic carboxylic acids is 1. The van der Waals surface area contributed by atoms with Crippen LogP contribution in [0.15, 0.2) is 29.2 Å². The fourth-order valence-corrected chi connectivity index (χ4v) is 3.24. The van der Waals surface area contributed by atoms with E-state index in [0.717, 1.165) is 12.8 Å². The predicted molar refractivity (Wildman–Crippen MR) is 98.1 cm³/mol. The minimum absolute atomic E-state index is 0.177. The molecule has 10 nitrogen and oxygen atoms in total. The summed E-state index contributed by atoms with van der Waals surface area (Å²) in [4.78, 5) is 30.7.